The third kappa shape index (κ3) is 4.53. The Bertz CT molecular complexity index is 542. The monoisotopic (exact) mass is 308 g/mol. The number of amides is 2. The van der Waals surface area contributed by atoms with E-state index in [-0.39, 0.29) is 23.3 Å². The zero-order valence-corrected chi connectivity index (χ0v) is 12.7. The lowest BCUT2D eigenvalue weighted by Crippen LogP contribution is -2.39. The SMILES string of the molecule is Cc1ccc(C(=O)NCCNC(=O)C2CCOCC2)cc1F. The summed E-state index contributed by atoms with van der Waals surface area (Å²) >= 11 is 0. The molecule has 120 valence electrons. The van der Waals surface area contributed by atoms with Crippen molar-refractivity contribution in [3.8, 4) is 0 Å². The van der Waals surface area contributed by atoms with Crippen LogP contribution in [0.5, 0.6) is 0 Å². The first kappa shape index (κ1) is 16.4. The topological polar surface area (TPSA) is 67.4 Å². The zero-order chi connectivity index (χ0) is 15.9. The predicted molar refractivity (Wildman–Crippen MR) is 80.0 cm³/mol. The number of benzene rings is 1. The van der Waals surface area contributed by atoms with Crippen molar-refractivity contribution < 1.29 is 18.7 Å². The lowest BCUT2D eigenvalue weighted by Gasteiger charge is -2.21. The third-order valence-corrected chi connectivity index (χ3v) is 3.74. The molecule has 1 aromatic carbocycles. The second-order valence-corrected chi connectivity index (χ2v) is 5.40. The van der Waals surface area contributed by atoms with Gasteiger partial charge in [0.2, 0.25) is 5.91 Å². The van der Waals surface area contributed by atoms with Gasteiger partial charge in [-0.2, -0.15) is 0 Å². The molecule has 0 aromatic heterocycles. The Morgan fingerprint density at radius 2 is 1.91 bits per heavy atom. The molecule has 0 aliphatic carbocycles. The van der Waals surface area contributed by atoms with E-state index < -0.39 is 5.82 Å². The van der Waals surface area contributed by atoms with E-state index in [0.29, 0.717) is 31.9 Å². The summed E-state index contributed by atoms with van der Waals surface area (Å²) < 4.78 is 18.6. The fourth-order valence-corrected chi connectivity index (χ4v) is 2.30. The van der Waals surface area contributed by atoms with Crippen LogP contribution in [-0.2, 0) is 9.53 Å². The van der Waals surface area contributed by atoms with Gasteiger partial charge in [-0.05, 0) is 37.5 Å². The summed E-state index contributed by atoms with van der Waals surface area (Å²) in [6, 6.07) is 4.36. The van der Waals surface area contributed by atoms with E-state index in [9.17, 15) is 14.0 Å². The molecule has 0 radical (unpaired) electrons. The second kappa shape index (κ2) is 7.89. The van der Waals surface area contributed by atoms with Crippen LogP contribution in [-0.4, -0.2) is 38.1 Å². The summed E-state index contributed by atoms with van der Waals surface area (Å²) in [6.45, 7) is 3.55. The van der Waals surface area contributed by atoms with Crippen LogP contribution in [0.4, 0.5) is 4.39 Å². The van der Waals surface area contributed by atoms with Crippen LogP contribution in [0.1, 0.15) is 28.8 Å². The van der Waals surface area contributed by atoms with Crippen LogP contribution < -0.4 is 10.6 Å². The highest BCUT2D eigenvalue weighted by molar-refractivity contribution is 5.94. The van der Waals surface area contributed by atoms with E-state index in [1.54, 1.807) is 19.1 Å². The molecule has 1 aliphatic heterocycles. The summed E-state index contributed by atoms with van der Waals surface area (Å²) in [5.41, 5.74) is 0.777. The van der Waals surface area contributed by atoms with Crippen molar-refractivity contribution in [1.82, 2.24) is 10.6 Å². The van der Waals surface area contributed by atoms with E-state index in [1.165, 1.54) is 6.07 Å². The number of nitrogens with one attached hydrogen (secondary N) is 2. The maximum atomic E-state index is 13.4. The molecule has 0 atom stereocenters. The van der Waals surface area contributed by atoms with Crippen molar-refractivity contribution in [2.24, 2.45) is 5.92 Å². The van der Waals surface area contributed by atoms with Crippen molar-refractivity contribution in [2.45, 2.75) is 19.8 Å². The number of hydrogen-bond acceptors (Lipinski definition) is 3. The molecule has 6 heteroatoms. The first-order valence-electron chi connectivity index (χ1n) is 7.47. The second-order valence-electron chi connectivity index (χ2n) is 5.40. The van der Waals surface area contributed by atoms with Crippen LogP contribution in [0.2, 0.25) is 0 Å². The average molecular weight is 308 g/mol. The molecule has 2 amide bonds. The lowest BCUT2D eigenvalue weighted by atomic mass is 9.99. The Morgan fingerprint density at radius 1 is 1.23 bits per heavy atom. The first-order valence-corrected chi connectivity index (χ1v) is 7.47. The molecule has 2 N–H and O–H groups in total. The van der Waals surface area contributed by atoms with Gasteiger partial charge < -0.3 is 15.4 Å². The van der Waals surface area contributed by atoms with Crippen molar-refractivity contribution in [2.75, 3.05) is 26.3 Å². The van der Waals surface area contributed by atoms with Crippen molar-refractivity contribution in [1.29, 1.82) is 0 Å². The molecular formula is C16H21FN2O3. The van der Waals surface area contributed by atoms with Crippen LogP contribution in [0.25, 0.3) is 0 Å². The van der Waals surface area contributed by atoms with Crippen LogP contribution in [0, 0.1) is 18.7 Å². The van der Waals surface area contributed by atoms with E-state index in [4.69, 9.17) is 4.74 Å². The normalized spacial score (nSPS) is 15.4. The van der Waals surface area contributed by atoms with Gasteiger partial charge in [0.15, 0.2) is 0 Å². The Morgan fingerprint density at radius 3 is 2.59 bits per heavy atom. The summed E-state index contributed by atoms with van der Waals surface area (Å²) in [7, 11) is 0. The highest BCUT2D eigenvalue weighted by atomic mass is 19.1. The molecule has 0 saturated carbocycles. The Labute approximate surface area is 129 Å². The number of ether oxygens (including phenoxy) is 1. The van der Waals surface area contributed by atoms with E-state index in [1.807, 2.05) is 0 Å². The summed E-state index contributed by atoms with van der Waals surface area (Å²) in [4.78, 5) is 23.7. The first-order chi connectivity index (χ1) is 10.6. The number of carbonyl (C=O) groups is 2. The van der Waals surface area contributed by atoms with Gasteiger partial charge in [0.05, 0.1) is 0 Å². The molecule has 5 nitrogen and oxygen atoms in total. The molecule has 1 saturated heterocycles. The standard InChI is InChI=1S/C16H21FN2O3/c1-11-2-3-13(10-14(11)17)16(21)19-7-6-18-15(20)12-4-8-22-9-5-12/h2-3,10,12H,4-9H2,1H3,(H,18,20)(H,19,21). The molecule has 22 heavy (non-hydrogen) atoms. The molecule has 2 rings (SSSR count). The number of aryl methyl sites for hydroxylation is 1. The quantitative estimate of drug-likeness (QED) is 0.808. The Balaban J connectivity index is 1.70. The van der Waals surface area contributed by atoms with Crippen molar-refractivity contribution in [3.63, 3.8) is 0 Å². The summed E-state index contributed by atoms with van der Waals surface area (Å²) in [5, 5.41) is 5.46. The lowest BCUT2D eigenvalue weighted by molar-refractivity contribution is -0.127. The number of carbonyl (C=O) groups excluding carboxylic acids is 2. The highest BCUT2D eigenvalue weighted by Gasteiger charge is 2.20. The molecule has 1 fully saturated rings. The minimum atomic E-state index is -0.402. The average Bonchev–Trinajstić information content (AvgIpc) is 2.54. The molecule has 1 heterocycles. The van der Waals surface area contributed by atoms with Crippen LogP contribution >= 0.6 is 0 Å². The van der Waals surface area contributed by atoms with Gasteiger partial charge >= 0.3 is 0 Å². The number of halogens is 1. The van der Waals surface area contributed by atoms with Gasteiger partial charge in [-0.25, -0.2) is 4.39 Å². The predicted octanol–water partition coefficient (Wildman–Crippen LogP) is 1.41. The van der Waals surface area contributed by atoms with Gasteiger partial charge in [-0.15, -0.1) is 0 Å². The maximum Gasteiger partial charge on any atom is 0.251 e. The number of rotatable bonds is 5. The molecule has 0 bridgehead atoms. The minimum Gasteiger partial charge on any atom is -0.381 e. The zero-order valence-electron chi connectivity index (χ0n) is 12.7. The van der Waals surface area contributed by atoms with Crippen LogP contribution in [0.3, 0.4) is 0 Å². The molecule has 0 unspecified atom stereocenters. The van der Waals surface area contributed by atoms with Crippen molar-refractivity contribution >= 4 is 11.8 Å². The Hall–Kier alpha value is -1.95. The summed E-state index contributed by atoms with van der Waals surface area (Å²) in [5.74, 6) is -0.755. The highest BCUT2D eigenvalue weighted by Crippen LogP contribution is 2.14. The largest absolute Gasteiger partial charge is 0.381 e. The van der Waals surface area contributed by atoms with Gasteiger partial charge in [0.25, 0.3) is 5.91 Å². The van der Waals surface area contributed by atoms with E-state index >= 15 is 0 Å². The van der Waals surface area contributed by atoms with Crippen LogP contribution in [0.15, 0.2) is 18.2 Å². The fourth-order valence-electron chi connectivity index (χ4n) is 2.30. The molecule has 0 spiro atoms. The number of hydrogen-bond donors (Lipinski definition) is 2. The van der Waals surface area contributed by atoms with Gasteiger partial charge in [0.1, 0.15) is 5.82 Å². The van der Waals surface area contributed by atoms with Crippen molar-refractivity contribution in [3.05, 3.63) is 35.1 Å². The fraction of sp³-hybridized carbons (Fsp3) is 0.500. The van der Waals surface area contributed by atoms with E-state index in [0.717, 1.165) is 12.8 Å². The third-order valence-electron chi connectivity index (χ3n) is 3.74. The van der Waals surface area contributed by atoms with E-state index in [2.05, 4.69) is 10.6 Å². The van der Waals surface area contributed by atoms with Gasteiger partial charge in [-0.3, -0.25) is 9.59 Å². The molecule has 1 aromatic rings. The maximum absolute atomic E-state index is 13.4. The van der Waals surface area contributed by atoms with Gasteiger partial charge in [-0.1, -0.05) is 6.07 Å². The smallest absolute Gasteiger partial charge is 0.251 e. The Kier molecular flexibility index (Phi) is 5.89. The minimum absolute atomic E-state index is 0.000991. The molecule has 1 aliphatic rings. The van der Waals surface area contributed by atoms with Gasteiger partial charge in [0, 0.05) is 37.8 Å². The molecular weight excluding hydrogens is 287 g/mol. The summed E-state index contributed by atoms with van der Waals surface area (Å²) in [6.07, 6.45) is 1.47.